The summed E-state index contributed by atoms with van der Waals surface area (Å²) in [6.45, 7) is 3.20. The fourth-order valence-corrected chi connectivity index (χ4v) is 4.41. The predicted octanol–water partition coefficient (Wildman–Crippen LogP) is 4.13. The highest BCUT2D eigenvalue weighted by Crippen LogP contribution is 2.24. The molecule has 2 saturated heterocycles. The lowest BCUT2D eigenvalue weighted by Gasteiger charge is -2.35. The van der Waals surface area contributed by atoms with Gasteiger partial charge in [0.25, 0.3) is 0 Å². The van der Waals surface area contributed by atoms with E-state index in [-0.39, 0.29) is 11.8 Å². The van der Waals surface area contributed by atoms with E-state index in [4.69, 9.17) is 4.42 Å². The summed E-state index contributed by atoms with van der Waals surface area (Å²) >= 11 is 0. The smallest absolute Gasteiger partial charge is 0.225 e. The summed E-state index contributed by atoms with van der Waals surface area (Å²) in [6, 6.07) is 13.9. The summed E-state index contributed by atoms with van der Waals surface area (Å²) in [5.41, 5.74) is 1.05. The van der Waals surface area contributed by atoms with Crippen LogP contribution in [0.2, 0.25) is 0 Å². The predicted molar refractivity (Wildman–Crippen MR) is 112 cm³/mol. The topological polar surface area (TPSA) is 53.8 Å². The second-order valence-electron chi connectivity index (χ2n) is 8.17. The van der Waals surface area contributed by atoms with Crippen molar-refractivity contribution in [1.29, 1.82) is 0 Å². The molecule has 0 atom stereocenters. The minimum Gasteiger partial charge on any atom is -0.461 e. The van der Waals surface area contributed by atoms with Gasteiger partial charge in [-0.15, -0.1) is 0 Å². The van der Waals surface area contributed by atoms with Crippen molar-refractivity contribution in [3.8, 4) is 11.3 Å². The molecule has 0 N–H and O–H groups in total. The molecule has 0 aliphatic carbocycles. The van der Waals surface area contributed by atoms with Crippen LogP contribution in [0.4, 0.5) is 0 Å². The highest BCUT2D eigenvalue weighted by Gasteiger charge is 2.30. The van der Waals surface area contributed by atoms with E-state index < -0.39 is 0 Å². The minimum atomic E-state index is 0.0932. The number of nitrogens with zero attached hydrogens (tertiary/aromatic N) is 2. The fourth-order valence-electron chi connectivity index (χ4n) is 4.41. The molecule has 2 amide bonds. The van der Waals surface area contributed by atoms with Gasteiger partial charge in [-0.1, -0.05) is 30.3 Å². The number of aryl methyl sites for hydroxylation is 1. The quantitative estimate of drug-likeness (QED) is 0.766. The summed E-state index contributed by atoms with van der Waals surface area (Å²) in [6.07, 6.45) is 6.13. The van der Waals surface area contributed by atoms with Crippen LogP contribution in [0, 0.1) is 5.92 Å². The first-order valence-electron chi connectivity index (χ1n) is 10.9. The molecule has 154 valence electrons. The van der Waals surface area contributed by atoms with Crippen LogP contribution in [0.25, 0.3) is 11.3 Å². The van der Waals surface area contributed by atoms with E-state index in [0.29, 0.717) is 31.8 Å². The van der Waals surface area contributed by atoms with Crippen molar-refractivity contribution in [2.75, 3.05) is 26.2 Å². The van der Waals surface area contributed by atoms with Crippen LogP contribution in [0.1, 0.15) is 44.3 Å². The number of piperidine rings is 2. The molecule has 2 aromatic rings. The first-order chi connectivity index (χ1) is 14.2. The molecule has 29 heavy (non-hydrogen) atoms. The highest BCUT2D eigenvalue weighted by molar-refractivity contribution is 5.80. The molecule has 3 heterocycles. The molecule has 2 aliphatic heterocycles. The second kappa shape index (κ2) is 9.29. The first kappa shape index (κ1) is 19.7. The van der Waals surface area contributed by atoms with Gasteiger partial charge >= 0.3 is 0 Å². The van der Waals surface area contributed by atoms with E-state index in [2.05, 4.69) is 0 Å². The fraction of sp³-hybridized carbons (Fsp3) is 0.500. The maximum Gasteiger partial charge on any atom is 0.225 e. The molecule has 0 bridgehead atoms. The standard InChI is InChI=1S/C24H30N2O3/c27-23(12-10-21-9-11-22(29-21)19-7-3-1-4-8-19)25-17-13-20(14-18-25)24(28)26-15-5-2-6-16-26/h1,3-4,7-9,11,20H,2,5-6,10,12-18H2. The largest absolute Gasteiger partial charge is 0.461 e. The molecular formula is C24H30N2O3. The molecule has 2 fully saturated rings. The maximum atomic E-state index is 12.7. The Morgan fingerprint density at radius 3 is 2.31 bits per heavy atom. The monoisotopic (exact) mass is 394 g/mol. The highest BCUT2D eigenvalue weighted by atomic mass is 16.3. The third-order valence-corrected chi connectivity index (χ3v) is 6.17. The molecule has 0 unspecified atom stereocenters. The van der Waals surface area contributed by atoms with E-state index in [0.717, 1.165) is 55.9 Å². The molecule has 0 spiro atoms. The van der Waals surface area contributed by atoms with Crippen molar-refractivity contribution in [2.24, 2.45) is 5.92 Å². The molecule has 2 aliphatic rings. The normalized spacial score (nSPS) is 18.1. The second-order valence-corrected chi connectivity index (χ2v) is 8.17. The van der Waals surface area contributed by atoms with E-state index in [1.54, 1.807) is 0 Å². The summed E-state index contributed by atoms with van der Waals surface area (Å²) < 4.78 is 5.90. The van der Waals surface area contributed by atoms with Crippen LogP contribution in [0.5, 0.6) is 0 Å². The van der Waals surface area contributed by atoms with E-state index in [1.807, 2.05) is 52.3 Å². The Hall–Kier alpha value is -2.56. The van der Waals surface area contributed by atoms with Gasteiger partial charge in [-0.25, -0.2) is 0 Å². The molecule has 0 saturated carbocycles. The zero-order valence-corrected chi connectivity index (χ0v) is 17.0. The third-order valence-electron chi connectivity index (χ3n) is 6.17. The van der Waals surface area contributed by atoms with Gasteiger partial charge in [-0.2, -0.15) is 0 Å². The van der Waals surface area contributed by atoms with Crippen molar-refractivity contribution in [1.82, 2.24) is 9.80 Å². The average molecular weight is 395 g/mol. The number of rotatable bonds is 5. The van der Waals surface area contributed by atoms with Crippen LogP contribution in [0.3, 0.4) is 0 Å². The summed E-state index contributed by atoms with van der Waals surface area (Å²) in [5.74, 6) is 2.24. The molecular weight excluding hydrogens is 364 g/mol. The van der Waals surface area contributed by atoms with Crippen molar-refractivity contribution >= 4 is 11.8 Å². The number of amides is 2. The Bertz CT molecular complexity index is 816. The van der Waals surface area contributed by atoms with Crippen molar-refractivity contribution in [3.05, 3.63) is 48.2 Å². The number of likely N-dealkylation sites (tertiary alicyclic amines) is 2. The summed E-state index contributed by atoms with van der Waals surface area (Å²) in [4.78, 5) is 29.2. The lowest BCUT2D eigenvalue weighted by Crippen LogP contribution is -2.45. The van der Waals surface area contributed by atoms with Crippen molar-refractivity contribution < 1.29 is 14.0 Å². The van der Waals surface area contributed by atoms with Crippen molar-refractivity contribution in [3.63, 3.8) is 0 Å². The molecule has 4 rings (SSSR count). The number of furan rings is 1. The third kappa shape index (κ3) is 4.89. The number of benzene rings is 1. The van der Waals surface area contributed by atoms with E-state index >= 15 is 0 Å². The van der Waals surface area contributed by atoms with Gasteiger partial charge in [0.2, 0.25) is 11.8 Å². The Balaban J connectivity index is 1.23. The number of carbonyl (C=O) groups excluding carboxylic acids is 2. The molecule has 0 radical (unpaired) electrons. The average Bonchev–Trinajstić information content (AvgIpc) is 3.27. The van der Waals surface area contributed by atoms with Gasteiger partial charge in [-0.05, 0) is 44.2 Å². The van der Waals surface area contributed by atoms with Crippen LogP contribution >= 0.6 is 0 Å². The van der Waals surface area contributed by atoms with Gasteiger partial charge in [-0.3, -0.25) is 9.59 Å². The number of hydrogen-bond acceptors (Lipinski definition) is 3. The summed E-state index contributed by atoms with van der Waals surface area (Å²) in [5, 5.41) is 0. The van der Waals surface area contributed by atoms with E-state index in [9.17, 15) is 9.59 Å². The van der Waals surface area contributed by atoms with Crippen LogP contribution in [0.15, 0.2) is 46.9 Å². The molecule has 1 aromatic carbocycles. The first-order valence-corrected chi connectivity index (χ1v) is 10.9. The van der Waals surface area contributed by atoms with Gasteiger partial charge in [0.15, 0.2) is 0 Å². The Labute approximate surface area is 172 Å². The Kier molecular flexibility index (Phi) is 6.33. The summed E-state index contributed by atoms with van der Waals surface area (Å²) in [7, 11) is 0. The lowest BCUT2D eigenvalue weighted by atomic mass is 9.94. The zero-order chi connectivity index (χ0) is 20.1. The van der Waals surface area contributed by atoms with Crippen molar-refractivity contribution in [2.45, 2.75) is 44.9 Å². The Morgan fingerprint density at radius 2 is 1.59 bits per heavy atom. The SMILES string of the molecule is O=C(CCc1ccc(-c2ccccc2)o1)N1CCC(C(=O)N2CCCCC2)CC1. The minimum absolute atomic E-state index is 0.0932. The van der Waals surface area contributed by atoms with Gasteiger partial charge in [0, 0.05) is 50.5 Å². The van der Waals surface area contributed by atoms with Crippen LogP contribution in [-0.4, -0.2) is 47.8 Å². The molecule has 5 heteroatoms. The Morgan fingerprint density at radius 1 is 0.862 bits per heavy atom. The maximum absolute atomic E-state index is 12.7. The number of hydrogen-bond donors (Lipinski definition) is 0. The molecule has 5 nitrogen and oxygen atoms in total. The van der Waals surface area contributed by atoms with Gasteiger partial charge < -0.3 is 14.2 Å². The molecule has 1 aromatic heterocycles. The van der Waals surface area contributed by atoms with E-state index in [1.165, 1.54) is 6.42 Å². The van der Waals surface area contributed by atoms with Crippen LogP contribution in [-0.2, 0) is 16.0 Å². The van der Waals surface area contributed by atoms with Gasteiger partial charge in [0.05, 0.1) is 0 Å². The zero-order valence-electron chi connectivity index (χ0n) is 17.0. The number of carbonyl (C=O) groups is 2. The van der Waals surface area contributed by atoms with Gasteiger partial charge in [0.1, 0.15) is 11.5 Å². The van der Waals surface area contributed by atoms with Crippen LogP contribution < -0.4 is 0 Å². The lowest BCUT2D eigenvalue weighted by molar-refractivity contribution is -0.141.